The van der Waals surface area contributed by atoms with Crippen LogP contribution in [0.1, 0.15) is 35.3 Å². The van der Waals surface area contributed by atoms with Crippen LogP contribution in [0.15, 0.2) is 66.9 Å². The molecule has 1 aromatic heterocycles. The first-order chi connectivity index (χ1) is 17.1. The van der Waals surface area contributed by atoms with Gasteiger partial charge in [-0.3, -0.25) is 14.6 Å². The molecule has 2 aromatic carbocycles. The third-order valence-electron chi connectivity index (χ3n) is 6.11. The van der Waals surface area contributed by atoms with Crippen LogP contribution < -0.4 is 10.6 Å². The van der Waals surface area contributed by atoms with E-state index in [1.165, 1.54) is 18.3 Å². The fourth-order valence-electron chi connectivity index (χ4n) is 4.28. The van der Waals surface area contributed by atoms with Crippen molar-refractivity contribution in [1.82, 2.24) is 4.98 Å². The van der Waals surface area contributed by atoms with Gasteiger partial charge in [-0.05, 0) is 54.8 Å². The van der Waals surface area contributed by atoms with E-state index >= 15 is 0 Å². The highest BCUT2D eigenvalue weighted by Gasteiger charge is 2.38. The van der Waals surface area contributed by atoms with Gasteiger partial charge >= 0.3 is 18.2 Å². The normalized spacial score (nSPS) is 17.4. The maximum Gasteiger partial charge on any atom is 0.416 e. The summed E-state index contributed by atoms with van der Waals surface area (Å²) in [6.45, 7) is 0. The predicted octanol–water partition coefficient (Wildman–Crippen LogP) is 6.10. The van der Waals surface area contributed by atoms with Gasteiger partial charge in [0.25, 0.3) is 0 Å². The Kier molecular flexibility index (Phi) is 7.05. The number of hydrogen-bond donors (Lipinski definition) is 3. The van der Waals surface area contributed by atoms with Crippen LogP contribution in [0, 0.1) is 11.8 Å². The highest BCUT2D eigenvalue weighted by molar-refractivity contribution is 6.00. The number of rotatable bonds is 6. The van der Waals surface area contributed by atoms with Gasteiger partial charge in [0.1, 0.15) is 5.69 Å². The molecule has 2 unspecified atom stereocenters. The zero-order valence-electron chi connectivity index (χ0n) is 18.9. The number of pyridine rings is 1. The van der Waals surface area contributed by atoms with Crippen molar-refractivity contribution in [3.8, 4) is 11.1 Å². The summed E-state index contributed by atoms with van der Waals surface area (Å²) in [6, 6.07) is 13.6. The van der Waals surface area contributed by atoms with E-state index in [1.807, 2.05) is 0 Å². The lowest BCUT2D eigenvalue weighted by Gasteiger charge is -2.14. The number of nitrogens with zero attached hydrogens (tertiary/aromatic N) is 1. The van der Waals surface area contributed by atoms with Crippen LogP contribution in [0.2, 0.25) is 0 Å². The average molecular weight is 497 g/mol. The van der Waals surface area contributed by atoms with Gasteiger partial charge < -0.3 is 15.7 Å². The Hall–Kier alpha value is -4.21. The number of carbonyl (C=O) groups is 3. The van der Waals surface area contributed by atoms with E-state index in [4.69, 9.17) is 0 Å². The first-order valence-electron chi connectivity index (χ1n) is 11.2. The lowest BCUT2D eigenvalue weighted by atomic mass is 9.90. The molecule has 10 heteroatoms. The number of Topliss-reactive ketones (excluding diaryl/α,β-unsaturated/α-hetero) is 1. The molecule has 0 spiro atoms. The van der Waals surface area contributed by atoms with E-state index in [9.17, 15) is 32.7 Å². The Balaban J connectivity index is 1.38. The number of carboxylic acid groups (broad SMARTS) is 1. The summed E-state index contributed by atoms with van der Waals surface area (Å²) in [5.74, 6) is -2.46. The van der Waals surface area contributed by atoms with Crippen LogP contribution in [0.3, 0.4) is 0 Å². The first-order valence-corrected chi connectivity index (χ1v) is 11.2. The molecule has 4 rings (SSSR count). The van der Waals surface area contributed by atoms with E-state index in [2.05, 4.69) is 15.6 Å². The van der Waals surface area contributed by atoms with Crippen molar-refractivity contribution in [3.63, 3.8) is 0 Å². The van der Waals surface area contributed by atoms with Gasteiger partial charge in [-0.1, -0.05) is 30.7 Å². The highest BCUT2D eigenvalue weighted by atomic mass is 19.4. The summed E-state index contributed by atoms with van der Waals surface area (Å²) < 4.78 is 38.5. The fraction of sp³-hybridized carbons (Fsp3) is 0.231. The maximum absolute atomic E-state index is 12.8. The lowest BCUT2D eigenvalue weighted by Crippen LogP contribution is -2.25. The van der Waals surface area contributed by atoms with E-state index in [-0.39, 0.29) is 17.2 Å². The van der Waals surface area contributed by atoms with Gasteiger partial charge in [-0.25, -0.2) is 4.79 Å². The topological polar surface area (TPSA) is 108 Å². The summed E-state index contributed by atoms with van der Waals surface area (Å²) in [4.78, 5) is 40.5. The van der Waals surface area contributed by atoms with Gasteiger partial charge in [0.05, 0.1) is 11.5 Å². The second-order valence-electron chi connectivity index (χ2n) is 8.51. The Labute approximate surface area is 204 Å². The van der Waals surface area contributed by atoms with Crippen LogP contribution in [-0.2, 0) is 11.0 Å². The van der Waals surface area contributed by atoms with E-state index < -0.39 is 35.6 Å². The van der Waals surface area contributed by atoms with E-state index in [1.54, 1.807) is 36.4 Å². The number of amides is 2. The number of benzene rings is 2. The maximum atomic E-state index is 12.8. The van der Waals surface area contributed by atoms with Crippen molar-refractivity contribution >= 4 is 29.2 Å². The predicted molar refractivity (Wildman–Crippen MR) is 127 cm³/mol. The van der Waals surface area contributed by atoms with Crippen molar-refractivity contribution in [3.05, 3.63) is 78.1 Å². The molecule has 0 saturated heterocycles. The van der Waals surface area contributed by atoms with E-state index in [0.717, 1.165) is 17.7 Å². The van der Waals surface area contributed by atoms with Gasteiger partial charge in [0.2, 0.25) is 0 Å². The first kappa shape index (κ1) is 24.9. The number of carboxylic acids is 1. The molecule has 0 bridgehead atoms. The zero-order valence-corrected chi connectivity index (χ0v) is 18.9. The monoisotopic (exact) mass is 497 g/mol. The van der Waals surface area contributed by atoms with Gasteiger partial charge in [0, 0.05) is 29.1 Å². The molecular weight excluding hydrogens is 475 g/mol. The molecule has 1 heterocycles. The molecular formula is C26H22F3N3O4. The highest BCUT2D eigenvalue weighted by Crippen LogP contribution is 2.34. The Morgan fingerprint density at radius 1 is 0.861 bits per heavy atom. The van der Waals surface area contributed by atoms with E-state index in [0.29, 0.717) is 30.5 Å². The van der Waals surface area contributed by atoms with Crippen LogP contribution in [0.25, 0.3) is 11.1 Å². The SMILES string of the molecule is O=C(Nc1ccc(-c2ccc(C(=O)C3CCCC3C(=O)O)nc2)cc1)Nc1cccc(C(F)(F)F)c1. The Morgan fingerprint density at radius 2 is 1.53 bits per heavy atom. The molecule has 2 atom stereocenters. The number of anilines is 2. The molecule has 186 valence electrons. The largest absolute Gasteiger partial charge is 0.481 e. The Morgan fingerprint density at radius 3 is 2.17 bits per heavy atom. The van der Waals surface area contributed by atoms with Crippen molar-refractivity contribution < 1.29 is 32.7 Å². The third kappa shape index (κ3) is 5.70. The zero-order chi connectivity index (χ0) is 25.9. The van der Waals surface area contributed by atoms with Gasteiger partial charge in [0.15, 0.2) is 5.78 Å². The number of aromatic nitrogens is 1. The smallest absolute Gasteiger partial charge is 0.416 e. The fourth-order valence-corrected chi connectivity index (χ4v) is 4.28. The molecule has 1 saturated carbocycles. The number of nitrogens with one attached hydrogen (secondary N) is 2. The van der Waals surface area contributed by atoms with Crippen LogP contribution in [0.5, 0.6) is 0 Å². The number of halogens is 3. The summed E-state index contributed by atoms with van der Waals surface area (Å²) in [7, 11) is 0. The number of alkyl halides is 3. The van der Waals surface area contributed by atoms with Crippen molar-refractivity contribution in [2.75, 3.05) is 10.6 Å². The molecule has 3 N–H and O–H groups in total. The number of hydrogen-bond acceptors (Lipinski definition) is 4. The molecule has 1 aliphatic carbocycles. The van der Waals surface area contributed by atoms with Crippen molar-refractivity contribution in [2.45, 2.75) is 25.4 Å². The molecule has 0 aliphatic heterocycles. The quantitative estimate of drug-likeness (QED) is 0.357. The minimum atomic E-state index is -4.51. The van der Waals surface area contributed by atoms with Crippen LogP contribution >= 0.6 is 0 Å². The standard InChI is InChI=1S/C26H22F3N3O4/c27-26(28,29)17-3-1-4-19(13-17)32-25(36)31-18-10-7-15(8-11-18)16-9-12-22(30-14-16)23(33)20-5-2-6-21(20)24(34)35/h1,3-4,7-14,20-21H,2,5-6H2,(H,34,35)(H2,31,32,36). The molecule has 2 amide bonds. The van der Waals surface area contributed by atoms with Crippen molar-refractivity contribution in [1.29, 1.82) is 0 Å². The molecule has 36 heavy (non-hydrogen) atoms. The summed E-state index contributed by atoms with van der Waals surface area (Å²) in [6.07, 6.45) is -1.26. The second kappa shape index (κ2) is 10.2. The third-order valence-corrected chi connectivity index (χ3v) is 6.11. The molecule has 3 aromatic rings. The summed E-state index contributed by atoms with van der Waals surface area (Å²) >= 11 is 0. The molecule has 1 fully saturated rings. The van der Waals surface area contributed by atoms with Gasteiger partial charge in [-0.15, -0.1) is 0 Å². The number of carbonyl (C=O) groups excluding carboxylic acids is 2. The van der Waals surface area contributed by atoms with Crippen LogP contribution in [-0.4, -0.2) is 27.9 Å². The van der Waals surface area contributed by atoms with Crippen LogP contribution in [0.4, 0.5) is 29.3 Å². The minimum Gasteiger partial charge on any atom is -0.481 e. The molecule has 7 nitrogen and oxygen atoms in total. The minimum absolute atomic E-state index is 0.00642. The second-order valence-corrected chi connectivity index (χ2v) is 8.51. The van der Waals surface area contributed by atoms with Crippen molar-refractivity contribution in [2.24, 2.45) is 11.8 Å². The molecule has 1 aliphatic rings. The number of ketones is 1. The number of urea groups is 1. The average Bonchev–Trinajstić information content (AvgIpc) is 3.34. The number of aliphatic carboxylic acids is 1. The van der Waals surface area contributed by atoms with Gasteiger partial charge in [-0.2, -0.15) is 13.2 Å². The Bertz CT molecular complexity index is 1270. The molecule has 0 radical (unpaired) electrons. The summed E-state index contributed by atoms with van der Waals surface area (Å²) in [5, 5.41) is 14.2. The summed E-state index contributed by atoms with van der Waals surface area (Å²) in [5.41, 5.74) is 1.26. The lowest BCUT2D eigenvalue weighted by molar-refractivity contribution is -0.142.